The Balaban J connectivity index is 2.10. The van der Waals surface area contributed by atoms with E-state index in [0.717, 1.165) is 5.69 Å². The van der Waals surface area contributed by atoms with Crippen molar-refractivity contribution in [2.24, 2.45) is 0 Å². The van der Waals surface area contributed by atoms with Gasteiger partial charge in [-0.3, -0.25) is 4.79 Å². The minimum Gasteiger partial charge on any atom is -0.451 e. The zero-order valence-electron chi connectivity index (χ0n) is 13.2. The molecule has 0 aliphatic rings. The van der Waals surface area contributed by atoms with Crippen LogP contribution in [0.15, 0.2) is 48.5 Å². The highest BCUT2D eigenvalue weighted by molar-refractivity contribution is 6.31. The number of anilines is 1. The molecule has 0 unspecified atom stereocenters. The van der Waals surface area contributed by atoms with E-state index in [4.69, 9.17) is 16.3 Å². The summed E-state index contributed by atoms with van der Waals surface area (Å²) in [5.41, 5.74) is 1.70. The van der Waals surface area contributed by atoms with E-state index in [0.29, 0.717) is 16.1 Å². The van der Waals surface area contributed by atoms with Crippen molar-refractivity contribution >= 4 is 29.0 Å². The van der Waals surface area contributed by atoms with E-state index in [2.05, 4.69) is 0 Å². The van der Waals surface area contributed by atoms with Crippen molar-refractivity contribution in [1.29, 1.82) is 0 Å². The summed E-state index contributed by atoms with van der Waals surface area (Å²) in [6, 6.07) is 13.6. The van der Waals surface area contributed by atoms with Crippen LogP contribution in [0.3, 0.4) is 0 Å². The average Bonchev–Trinajstić information content (AvgIpc) is 2.54. The zero-order chi connectivity index (χ0) is 17.0. The molecule has 2 rings (SSSR count). The number of hydrogen-bond acceptors (Lipinski definition) is 4. The lowest BCUT2D eigenvalue weighted by Gasteiger charge is -2.15. The molecule has 1 atom stereocenters. The van der Waals surface area contributed by atoms with Crippen LogP contribution in [0, 0.1) is 0 Å². The molecule has 0 aliphatic heterocycles. The Hall–Kier alpha value is -2.33. The lowest BCUT2D eigenvalue weighted by Crippen LogP contribution is -2.24. The second-order valence-electron chi connectivity index (χ2n) is 5.37. The lowest BCUT2D eigenvalue weighted by molar-refractivity contribution is 0.0319. The molecule has 0 aromatic heterocycles. The number of nitrogens with zero attached hydrogens (tertiary/aromatic N) is 1. The SMILES string of the molecule is C[C@@H](OC(=O)c1cccc(N(C)C)c1)C(=O)c1cccc(Cl)c1. The summed E-state index contributed by atoms with van der Waals surface area (Å²) in [4.78, 5) is 26.4. The van der Waals surface area contributed by atoms with Gasteiger partial charge in [0.1, 0.15) is 0 Å². The van der Waals surface area contributed by atoms with Crippen molar-refractivity contribution in [3.63, 3.8) is 0 Å². The van der Waals surface area contributed by atoms with Gasteiger partial charge in [-0.1, -0.05) is 29.8 Å². The summed E-state index contributed by atoms with van der Waals surface area (Å²) in [5, 5.41) is 0.466. The monoisotopic (exact) mass is 331 g/mol. The molecule has 4 nitrogen and oxygen atoms in total. The topological polar surface area (TPSA) is 46.6 Å². The number of ether oxygens (including phenoxy) is 1. The number of rotatable bonds is 5. The van der Waals surface area contributed by atoms with E-state index in [1.165, 1.54) is 0 Å². The Bertz CT molecular complexity index is 728. The predicted molar refractivity (Wildman–Crippen MR) is 91.4 cm³/mol. The fourth-order valence-electron chi connectivity index (χ4n) is 2.07. The van der Waals surface area contributed by atoms with Crippen LogP contribution in [-0.2, 0) is 4.74 Å². The molecule has 0 fully saturated rings. The van der Waals surface area contributed by atoms with Gasteiger partial charge in [0.25, 0.3) is 0 Å². The number of Topliss-reactive ketones (excluding diaryl/α,β-unsaturated/α-hetero) is 1. The summed E-state index contributed by atoms with van der Waals surface area (Å²) in [6.45, 7) is 1.55. The van der Waals surface area contributed by atoms with Crippen LogP contribution in [-0.4, -0.2) is 32.0 Å². The number of hydrogen-bond donors (Lipinski definition) is 0. The predicted octanol–water partition coefficient (Wildman–Crippen LogP) is 3.83. The van der Waals surface area contributed by atoms with Gasteiger partial charge in [0.2, 0.25) is 5.78 Å². The second kappa shape index (κ2) is 7.29. The van der Waals surface area contributed by atoms with Crippen molar-refractivity contribution in [2.45, 2.75) is 13.0 Å². The van der Waals surface area contributed by atoms with E-state index in [-0.39, 0.29) is 5.78 Å². The Morgan fingerprint density at radius 3 is 2.35 bits per heavy atom. The third kappa shape index (κ3) is 4.33. The molecule has 0 heterocycles. The fourth-order valence-corrected chi connectivity index (χ4v) is 2.26. The molecule has 0 spiro atoms. The molecule has 5 heteroatoms. The largest absolute Gasteiger partial charge is 0.451 e. The zero-order valence-corrected chi connectivity index (χ0v) is 14.0. The maximum Gasteiger partial charge on any atom is 0.338 e. The van der Waals surface area contributed by atoms with Crippen LogP contribution >= 0.6 is 11.6 Å². The summed E-state index contributed by atoms with van der Waals surface area (Å²) in [7, 11) is 3.77. The van der Waals surface area contributed by atoms with Gasteiger partial charge in [-0.25, -0.2) is 4.79 Å². The molecule has 0 N–H and O–H groups in total. The number of ketones is 1. The van der Waals surface area contributed by atoms with Crippen LogP contribution in [0.5, 0.6) is 0 Å². The Morgan fingerprint density at radius 2 is 1.70 bits per heavy atom. The highest BCUT2D eigenvalue weighted by atomic mass is 35.5. The lowest BCUT2D eigenvalue weighted by atomic mass is 10.1. The van der Waals surface area contributed by atoms with Crippen molar-refractivity contribution in [2.75, 3.05) is 19.0 Å². The van der Waals surface area contributed by atoms with Gasteiger partial charge in [-0.15, -0.1) is 0 Å². The van der Waals surface area contributed by atoms with Crippen molar-refractivity contribution in [3.05, 3.63) is 64.7 Å². The van der Waals surface area contributed by atoms with Gasteiger partial charge < -0.3 is 9.64 Å². The minimum absolute atomic E-state index is 0.287. The Morgan fingerprint density at radius 1 is 1.04 bits per heavy atom. The number of esters is 1. The van der Waals surface area contributed by atoms with Crippen molar-refractivity contribution in [1.82, 2.24) is 0 Å². The van der Waals surface area contributed by atoms with Gasteiger partial charge >= 0.3 is 5.97 Å². The first-order valence-electron chi connectivity index (χ1n) is 7.16. The summed E-state index contributed by atoms with van der Waals surface area (Å²) in [6.07, 6.45) is -0.885. The molecule has 0 bridgehead atoms. The smallest absolute Gasteiger partial charge is 0.338 e. The second-order valence-corrected chi connectivity index (χ2v) is 5.80. The molecular formula is C18H18ClNO3. The van der Waals surface area contributed by atoms with Gasteiger partial charge in [0.05, 0.1) is 5.56 Å². The number of halogens is 1. The maximum atomic E-state index is 12.3. The molecule has 0 radical (unpaired) electrons. The van der Waals surface area contributed by atoms with Crippen LogP contribution in [0.2, 0.25) is 5.02 Å². The van der Waals surface area contributed by atoms with Crippen LogP contribution in [0.4, 0.5) is 5.69 Å². The van der Waals surface area contributed by atoms with Gasteiger partial charge in [0.15, 0.2) is 6.10 Å². The van der Waals surface area contributed by atoms with E-state index < -0.39 is 12.1 Å². The third-order valence-corrected chi connectivity index (χ3v) is 3.60. The van der Waals surface area contributed by atoms with Crippen LogP contribution in [0.25, 0.3) is 0 Å². The summed E-state index contributed by atoms with van der Waals surface area (Å²) < 4.78 is 5.28. The maximum absolute atomic E-state index is 12.3. The Labute approximate surface area is 140 Å². The summed E-state index contributed by atoms with van der Waals surface area (Å²) in [5.74, 6) is -0.818. The van der Waals surface area contributed by atoms with Gasteiger partial charge in [-0.2, -0.15) is 0 Å². The first-order valence-corrected chi connectivity index (χ1v) is 7.54. The highest BCUT2D eigenvalue weighted by Gasteiger charge is 2.20. The van der Waals surface area contributed by atoms with Crippen LogP contribution in [0.1, 0.15) is 27.6 Å². The normalized spacial score (nSPS) is 11.7. The van der Waals surface area contributed by atoms with E-state index in [1.54, 1.807) is 49.4 Å². The Kier molecular flexibility index (Phi) is 5.40. The molecular weight excluding hydrogens is 314 g/mol. The average molecular weight is 332 g/mol. The number of carbonyl (C=O) groups excluding carboxylic acids is 2. The quantitative estimate of drug-likeness (QED) is 0.617. The molecule has 23 heavy (non-hydrogen) atoms. The number of benzene rings is 2. The molecule has 0 amide bonds. The molecule has 0 saturated carbocycles. The van der Waals surface area contributed by atoms with E-state index in [9.17, 15) is 9.59 Å². The minimum atomic E-state index is -0.885. The van der Waals surface area contributed by atoms with Crippen LogP contribution < -0.4 is 4.90 Å². The molecule has 0 saturated heterocycles. The van der Waals surface area contributed by atoms with Gasteiger partial charge in [0, 0.05) is 30.4 Å². The highest BCUT2D eigenvalue weighted by Crippen LogP contribution is 2.17. The standard InChI is InChI=1S/C18H18ClNO3/c1-12(17(21)13-6-4-8-15(19)10-13)23-18(22)14-7-5-9-16(11-14)20(2)3/h4-12H,1-3H3/t12-/m1/s1. The first kappa shape index (κ1) is 17.0. The molecule has 2 aromatic rings. The van der Waals surface area contributed by atoms with Crippen molar-refractivity contribution in [3.8, 4) is 0 Å². The molecule has 2 aromatic carbocycles. The third-order valence-electron chi connectivity index (χ3n) is 3.36. The fraction of sp³-hybridized carbons (Fsp3) is 0.222. The molecule has 120 valence electrons. The van der Waals surface area contributed by atoms with Crippen molar-refractivity contribution < 1.29 is 14.3 Å². The van der Waals surface area contributed by atoms with E-state index in [1.807, 2.05) is 25.1 Å². The number of carbonyl (C=O) groups is 2. The van der Waals surface area contributed by atoms with Gasteiger partial charge in [-0.05, 0) is 37.3 Å². The van der Waals surface area contributed by atoms with E-state index >= 15 is 0 Å². The summed E-state index contributed by atoms with van der Waals surface area (Å²) >= 11 is 5.88. The first-order chi connectivity index (χ1) is 10.9. The molecule has 0 aliphatic carbocycles.